The standard InChI is InChI=1S/C78H46N12/c1-12-35-62-49(24-1)50-25-2-13-36-63(50)86(62)74-79-73(80-75(81-74)87-64-37-14-3-26-51(64)52-27-4-15-38-65(52)87)47-22-21-23-48(46-47)85-61-34-11-9-32-57(61)59-44-45-60-58-33-10-20-43-70(58)90(72(60)71(59)85)78-83-76(88-66-39-16-5-28-53(66)54-29-6-17-40-67(54)88)82-77(84-78)89-68-41-18-7-30-55(68)56-31-8-19-42-69(56)89/h1-46H. The molecule has 0 amide bonds. The number of benzene rings is 12. The number of para-hydroxylation sites is 10. The fourth-order valence-corrected chi connectivity index (χ4v) is 14.6. The van der Waals surface area contributed by atoms with E-state index in [9.17, 15) is 0 Å². The molecule has 0 radical (unpaired) electrons. The van der Waals surface area contributed by atoms with E-state index in [0.717, 1.165) is 142 Å². The Morgan fingerprint density at radius 1 is 0.178 bits per heavy atom. The maximum atomic E-state index is 5.69. The van der Waals surface area contributed by atoms with Crippen LogP contribution in [0.15, 0.2) is 279 Å². The van der Waals surface area contributed by atoms with Crippen LogP contribution in [0.2, 0.25) is 0 Å². The molecule has 12 aromatic carbocycles. The summed E-state index contributed by atoms with van der Waals surface area (Å²) < 4.78 is 13.4. The van der Waals surface area contributed by atoms with Gasteiger partial charge in [0.1, 0.15) is 0 Å². The van der Waals surface area contributed by atoms with Crippen molar-refractivity contribution < 1.29 is 0 Å². The minimum absolute atomic E-state index is 0.475. The van der Waals surface area contributed by atoms with Crippen LogP contribution in [0, 0.1) is 0 Å². The molecule has 0 aliphatic carbocycles. The van der Waals surface area contributed by atoms with Crippen molar-refractivity contribution in [2.45, 2.75) is 0 Å². The van der Waals surface area contributed by atoms with E-state index in [1.165, 1.54) is 0 Å². The van der Waals surface area contributed by atoms with Gasteiger partial charge in [-0.15, -0.1) is 0 Å². The van der Waals surface area contributed by atoms with Crippen LogP contribution in [0.5, 0.6) is 0 Å². The third-order valence-electron chi connectivity index (χ3n) is 18.4. The van der Waals surface area contributed by atoms with Crippen LogP contribution >= 0.6 is 0 Å². The van der Waals surface area contributed by atoms with Crippen molar-refractivity contribution in [3.05, 3.63) is 279 Å². The second-order valence-corrected chi connectivity index (χ2v) is 23.1. The lowest BCUT2D eigenvalue weighted by Gasteiger charge is -2.15. The molecule has 12 nitrogen and oxygen atoms in total. The Labute approximate surface area is 511 Å². The van der Waals surface area contributed by atoms with Gasteiger partial charge in [-0.25, -0.2) is 0 Å². The molecule has 418 valence electrons. The molecule has 8 aromatic heterocycles. The monoisotopic (exact) mass is 1150 g/mol. The molecule has 12 heteroatoms. The predicted molar refractivity (Wildman–Crippen MR) is 365 cm³/mol. The van der Waals surface area contributed by atoms with Gasteiger partial charge in [-0.05, 0) is 72.8 Å². The van der Waals surface area contributed by atoms with Gasteiger partial charge in [0.05, 0.1) is 66.2 Å². The van der Waals surface area contributed by atoms with Crippen molar-refractivity contribution in [2.24, 2.45) is 0 Å². The molecule has 0 bridgehead atoms. The topological polar surface area (TPSA) is 107 Å². The van der Waals surface area contributed by atoms with Gasteiger partial charge in [0, 0.05) is 75.9 Å². The van der Waals surface area contributed by atoms with Crippen LogP contribution in [0.3, 0.4) is 0 Å². The van der Waals surface area contributed by atoms with Gasteiger partial charge < -0.3 is 4.57 Å². The molecule has 0 aliphatic rings. The average Bonchev–Trinajstić information content (AvgIpc) is 1.58. The second kappa shape index (κ2) is 18.5. The molecular weight excluding hydrogens is 1100 g/mol. The van der Waals surface area contributed by atoms with Crippen molar-refractivity contribution in [2.75, 3.05) is 0 Å². The quantitative estimate of drug-likeness (QED) is 0.157. The highest BCUT2D eigenvalue weighted by molar-refractivity contribution is 6.24. The molecule has 0 atom stereocenters. The van der Waals surface area contributed by atoms with E-state index in [2.05, 4.69) is 306 Å². The Hall–Kier alpha value is -12.5. The van der Waals surface area contributed by atoms with E-state index >= 15 is 0 Å². The van der Waals surface area contributed by atoms with Crippen LogP contribution in [0.4, 0.5) is 0 Å². The van der Waals surface area contributed by atoms with E-state index in [1.807, 2.05) is 0 Å². The summed E-state index contributed by atoms with van der Waals surface area (Å²) in [6.45, 7) is 0. The molecule has 0 saturated carbocycles. The van der Waals surface area contributed by atoms with Gasteiger partial charge in [0.2, 0.25) is 29.7 Å². The fourth-order valence-electron chi connectivity index (χ4n) is 14.6. The summed E-state index contributed by atoms with van der Waals surface area (Å²) in [6, 6.07) is 98.5. The second-order valence-electron chi connectivity index (χ2n) is 23.1. The Morgan fingerprint density at radius 2 is 0.411 bits per heavy atom. The highest BCUT2D eigenvalue weighted by atomic mass is 15.3. The molecule has 0 fully saturated rings. The van der Waals surface area contributed by atoms with Gasteiger partial charge in [-0.2, -0.15) is 29.9 Å². The normalized spacial score (nSPS) is 12.2. The van der Waals surface area contributed by atoms with Crippen molar-refractivity contribution in [3.8, 4) is 46.8 Å². The lowest BCUT2D eigenvalue weighted by Crippen LogP contribution is -2.13. The summed E-state index contributed by atoms with van der Waals surface area (Å²) in [4.78, 5) is 33.5. The van der Waals surface area contributed by atoms with Gasteiger partial charge in [0.15, 0.2) is 5.82 Å². The largest absolute Gasteiger partial charge is 0.307 e. The molecule has 0 N–H and O–H groups in total. The Bertz CT molecular complexity index is 5970. The maximum Gasteiger partial charge on any atom is 0.241 e. The predicted octanol–water partition coefficient (Wildman–Crippen LogP) is 18.3. The van der Waals surface area contributed by atoms with Crippen LogP contribution in [-0.2, 0) is 0 Å². The van der Waals surface area contributed by atoms with E-state index < -0.39 is 0 Å². The van der Waals surface area contributed by atoms with E-state index in [4.69, 9.17) is 29.9 Å². The zero-order valence-corrected chi connectivity index (χ0v) is 47.9. The zero-order chi connectivity index (χ0) is 58.7. The highest BCUT2D eigenvalue weighted by Crippen LogP contribution is 2.44. The molecule has 0 unspecified atom stereocenters. The molecule has 0 aliphatic heterocycles. The van der Waals surface area contributed by atoms with Crippen molar-refractivity contribution in [1.29, 1.82) is 0 Å². The third kappa shape index (κ3) is 6.78. The van der Waals surface area contributed by atoms with E-state index in [0.29, 0.717) is 35.6 Å². The first kappa shape index (κ1) is 48.7. The number of rotatable bonds is 7. The molecule has 0 spiro atoms. The first-order chi connectivity index (χ1) is 44.7. The number of fused-ring (bicyclic) bond motifs is 19. The summed E-state index contributed by atoms with van der Waals surface area (Å²) in [5.41, 5.74) is 13.7. The first-order valence-corrected chi connectivity index (χ1v) is 30.2. The Kier molecular flexibility index (Phi) is 10.00. The van der Waals surface area contributed by atoms with Gasteiger partial charge in [0.25, 0.3) is 0 Å². The van der Waals surface area contributed by atoms with E-state index in [-0.39, 0.29) is 0 Å². The number of hydrogen-bond acceptors (Lipinski definition) is 6. The summed E-state index contributed by atoms with van der Waals surface area (Å²) >= 11 is 0. The van der Waals surface area contributed by atoms with Gasteiger partial charge in [-0.3, -0.25) is 22.8 Å². The summed E-state index contributed by atoms with van der Waals surface area (Å²) in [6.07, 6.45) is 0. The first-order valence-electron chi connectivity index (χ1n) is 30.2. The lowest BCUT2D eigenvalue weighted by molar-refractivity contribution is 0.848. The zero-order valence-electron chi connectivity index (χ0n) is 47.9. The maximum absolute atomic E-state index is 5.69. The highest BCUT2D eigenvalue weighted by Gasteiger charge is 2.27. The minimum Gasteiger partial charge on any atom is -0.307 e. The molecule has 90 heavy (non-hydrogen) atoms. The Morgan fingerprint density at radius 3 is 0.722 bits per heavy atom. The minimum atomic E-state index is 0.475. The lowest BCUT2D eigenvalue weighted by atomic mass is 10.1. The molecule has 20 rings (SSSR count). The van der Waals surface area contributed by atoms with Crippen molar-refractivity contribution >= 4 is 131 Å². The summed E-state index contributed by atoms with van der Waals surface area (Å²) in [5.74, 6) is 3.03. The van der Waals surface area contributed by atoms with Gasteiger partial charge in [-0.1, -0.05) is 206 Å². The third-order valence-corrected chi connectivity index (χ3v) is 18.4. The van der Waals surface area contributed by atoms with Crippen LogP contribution < -0.4 is 0 Å². The molecule has 0 saturated heterocycles. The summed E-state index contributed by atoms with van der Waals surface area (Å²) in [7, 11) is 0. The molecule has 8 heterocycles. The smallest absolute Gasteiger partial charge is 0.241 e. The average molecular weight is 1150 g/mol. The summed E-state index contributed by atoms with van der Waals surface area (Å²) in [5, 5.41) is 13.2. The van der Waals surface area contributed by atoms with Crippen LogP contribution in [0.25, 0.3) is 178 Å². The van der Waals surface area contributed by atoms with E-state index in [1.54, 1.807) is 0 Å². The number of nitrogens with zero attached hydrogens (tertiary/aromatic N) is 12. The number of aromatic nitrogens is 12. The fraction of sp³-hybridized carbons (Fsp3) is 0. The van der Waals surface area contributed by atoms with Crippen molar-refractivity contribution in [1.82, 2.24) is 57.3 Å². The van der Waals surface area contributed by atoms with Crippen molar-refractivity contribution in [3.63, 3.8) is 0 Å². The molecular formula is C78H46N12. The van der Waals surface area contributed by atoms with Crippen LogP contribution in [-0.4, -0.2) is 57.3 Å². The van der Waals surface area contributed by atoms with Gasteiger partial charge >= 0.3 is 0 Å². The van der Waals surface area contributed by atoms with Crippen LogP contribution in [0.1, 0.15) is 0 Å². The Balaban J connectivity index is 0.873. The molecule has 20 aromatic rings. The number of hydrogen-bond donors (Lipinski definition) is 0. The SMILES string of the molecule is c1cc(-c2nc(-n3c4ccccc4c4ccccc43)nc(-n3c4ccccc4c4ccccc43)n2)cc(-n2c3ccccc3c3ccc4c5ccccc5n(-c5nc(-n6c7ccccc7c7ccccc76)nc(-n6c7ccccc7c7ccccc76)n5)c4c32)c1.